The van der Waals surface area contributed by atoms with E-state index in [-0.39, 0.29) is 24.0 Å². The fourth-order valence-electron chi connectivity index (χ4n) is 5.31. The van der Waals surface area contributed by atoms with Gasteiger partial charge in [-0.05, 0) is 81.2 Å². The van der Waals surface area contributed by atoms with Crippen LogP contribution in [0.3, 0.4) is 0 Å². The lowest BCUT2D eigenvalue weighted by Gasteiger charge is -2.17. The normalized spacial score (nSPS) is 21.1. The van der Waals surface area contributed by atoms with Crippen LogP contribution in [0, 0.1) is 23.2 Å². The minimum atomic E-state index is -0.0292. The molecular formula is C28H30N4O3. The fourth-order valence-corrected chi connectivity index (χ4v) is 5.31. The first-order valence-corrected chi connectivity index (χ1v) is 12.4. The molecule has 2 aliphatic rings. The minimum absolute atomic E-state index is 0.0198. The summed E-state index contributed by atoms with van der Waals surface area (Å²) < 4.78 is 11.3. The summed E-state index contributed by atoms with van der Waals surface area (Å²) in [5.74, 6) is 2.33. The van der Waals surface area contributed by atoms with Gasteiger partial charge in [-0.2, -0.15) is 10.2 Å². The number of aromatic nitrogens is 2. The van der Waals surface area contributed by atoms with Crippen molar-refractivity contribution in [2.24, 2.45) is 11.8 Å². The second kappa shape index (κ2) is 9.53. The summed E-state index contributed by atoms with van der Waals surface area (Å²) in [6, 6.07) is 13.6. The van der Waals surface area contributed by atoms with Crippen molar-refractivity contribution < 1.29 is 14.1 Å². The van der Waals surface area contributed by atoms with Gasteiger partial charge in [0, 0.05) is 17.0 Å². The predicted molar refractivity (Wildman–Crippen MR) is 131 cm³/mol. The predicted octanol–water partition coefficient (Wildman–Crippen LogP) is 5.60. The summed E-state index contributed by atoms with van der Waals surface area (Å²) in [6.07, 6.45) is 4.78. The van der Waals surface area contributed by atoms with E-state index in [0.717, 1.165) is 48.8 Å². The summed E-state index contributed by atoms with van der Waals surface area (Å²) >= 11 is 0. The average Bonchev–Trinajstić information content (AvgIpc) is 3.59. The topological polar surface area (TPSA) is 101 Å². The van der Waals surface area contributed by atoms with Gasteiger partial charge in [-0.15, -0.1) is 0 Å². The number of ether oxygens (including phenoxy) is 1. The molecule has 7 heteroatoms. The molecule has 1 aromatic heterocycles. The van der Waals surface area contributed by atoms with Crippen molar-refractivity contribution in [1.82, 2.24) is 15.5 Å². The van der Waals surface area contributed by atoms with E-state index in [1.54, 1.807) is 12.1 Å². The molecule has 1 amide bonds. The number of nitrogens with zero attached hydrogens (tertiary/aromatic N) is 3. The Balaban J connectivity index is 1.37. The molecule has 1 N–H and O–H groups in total. The summed E-state index contributed by atoms with van der Waals surface area (Å²) in [5.41, 5.74) is 4.30. The van der Waals surface area contributed by atoms with Gasteiger partial charge in [0.2, 0.25) is 11.7 Å². The first-order chi connectivity index (χ1) is 16.9. The van der Waals surface area contributed by atoms with Gasteiger partial charge < -0.3 is 14.6 Å². The quantitative estimate of drug-likeness (QED) is 0.503. The van der Waals surface area contributed by atoms with Gasteiger partial charge >= 0.3 is 0 Å². The van der Waals surface area contributed by atoms with E-state index in [4.69, 9.17) is 9.26 Å². The van der Waals surface area contributed by atoms with Crippen LogP contribution in [0.5, 0.6) is 5.75 Å². The molecule has 3 aromatic rings. The molecular weight excluding hydrogens is 440 g/mol. The molecule has 0 saturated heterocycles. The van der Waals surface area contributed by atoms with Crippen molar-refractivity contribution in [3.05, 3.63) is 53.1 Å². The van der Waals surface area contributed by atoms with Crippen LogP contribution >= 0.6 is 0 Å². The molecule has 0 aliphatic heterocycles. The molecule has 1 heterocycles. The zero-order valence-electron chi connectivity index (χ0n) is 20.4. The average molecular weight is 471 g/mol. The maximum Gasteiger partial charge on any atom is 0.258 e. The van der Waals surface area contributed by atoms with Gasteiger partial charge in [0.05, 0.1) is 17.7 Å². The molecule has 1 saturated carbocycles. The Morgan fingerprint density at radius 1 is 1.23 bits per heavy atom. The van der Waals surface area contributed by atoms with Crippen LogP contribution in [0.4, 0.5) is 0 Å². The smallest absolute Gasteiger partial charge is 0.258 e. The minimum Gasteiger partial charge on any atom is -0.490 e. The number of carbonyl (C=O) groups is 1. The van der Waals surface area contributed by atoms with Gasteiger partial charge in [-0.25, -0.2) is 0 Å². The molecule has 7 nitrogen and oxygen atoms in total. The first-order valence-electron chi connectivity index (χ1n) is 12.4. The Morgan fingerprint density at radius 2 is 2.09 bits per heavy atom. The second-order valence-corrected chi connectivity index (χ2v) is 10.0. The van der Waals surface area contributed by atoms with E-state index in [0.29, 0.717) is 34.5 Å². The van der Waals surface area contributed by atoms with E-state index in [1.165, 1.54) is 0 Å². The number of nitrogens with one attached hydrogen (secondary N) is 1. The highest BCUT2D eigenvalue weighted by Gasteiger charge is 2.32. The maximum atomic E-state index is 12.8. The molecule has 0 spiro atoms. The number of rotatable bonds is 6. The monoisotopic (exact) mass is 470 g/mol. The molecule has 2 aliphatic carbocycles. The van der Waals surface area contributed by atoms with Gasteiger partial charge in [-0.3, -0.25) is 4.79 Å². The highest BCUT2D eigenvalue weighted by atomic mass is 16.5. The van der Waals surface area contributed by atoms with Crippen LogP contribution in [0.15, 0.2) is 40.9 Å². The van der Waals surface area contributed by atoms with Crippen LogP contribution in [-0.2, 0) is 11.2 Å². The van der Waals surface area contributed by atoms with E-state index in [9.17, 15) is 10.1 Å². The van der Waals surface area contributed by atoms with Crippen LogP contribution < -0.4 is 10.1 Å². The van der Waals surface area contributed by atoms with Crippen molar-refractivity contribution in [2.75, 3.05) is 0 Å². The standard InChI is InChI=1S/C28H30N4O3/c1-16(2)34-25-12-9-19(14-20(25)15-29)28-31-26(32-35-28)23-6-4-5-22-21(23)10-11-24(22)30-27(33)18-8-7-17(3)13-18/h4-6,9,12,14,16-18,24H,7-8,10-11,13H2,1-3H3,(H,30,33)/t17-,18?,24-/m0/s1. The molecule has 0 radical (unpaired) electrons. The van der Waals surface area contributed by atoms with Crippen molar-refractivity contribution in [3.63, 3.8) is 0 Å². The van der Waals surface area contributed by atoms with Crippen molar-refractivity contribution in [3.8, 4) is 34.7 Å². The zero-order valence-corrected chi connectivity index (χ0v) is 20.4. The summed E-state index contributed by atoms with van der Waals surface area (Å²) in [7, 11) is 0. The highest BCUT2D eigenvalue weighted by molar-refractivity contribution is 5.80. The van der Waals surface area contributed by atoms with Crippen LogP contribution in [0.25, 0.3) is 22.8 Å². The highest BCUT2D eigenvalue weighted by Crippen LogP contribution is 2.38. The Morgan fingerprint density at radius 3 is 2.83 bits per heavy atom. The number of benzene rings is 2. The summed E-state index contributed by atoms with van der Waals surface area (Å²) in [4.78, 5) is 17.5. The van der Waals surface area contributed by atoms with Crippen LogP contribution in [-0.4, -0.2) is 22.2 Å². The Labute approximate surface area is 205 Å². The van der Waals surface area contributed by atoms with E-state index >= 15 is 0 Å². The Hall–Kier alpha value is -3.66. The summed E-state index contributed by atoms with van der Waals surface area (Å²) in [5, 5.41) is 17.1. The van der Waals surface area contributed by atoms with Crippen molar-refractivity contribution in [2.45, 2.75) is 65.0 Å². The van der Waals surface area contributed by atoms with Crippen LogP contribution in [0.2, 0.25) is 0 Å². The third-order valence-corrected chi connectivity index (χ3v) is 7.03. The fraction of sp³-hybridized carbons (Fsp3) is 0.429. The lowest BCUT2D eigenvalue weighted by atomic mass is 10.0. The second-order valence-electron chi connectivity index (χ2n) is 10.0. The molecule has 1 unspecified atom stereocenters. The van der Waals surface area contributed by atoms with Crippen molar-refractivity contribution >= 4 is 5.91 Å². The lowest BCUT2D eigenvalue weighted by molar-refractivity contribution is -0.125. The number of nitriles is 1. The van der Waals surface area contributed by atoms with Gasteiger partial charge in [0.1, 0.15) is 11.8 Å². The largest absolute Gasteiger partial charge is 0.490 e. The molecule has 1 fully saturated rings. The molecule has 0 bridgehead atoms. The number of carbonyl (C=O) groups excluding carboxylic acids is 1. The number of hydrogen-bond donors (Lipinski definition) is 1. The molecule has 5 rings (SSSR count). The number of hydrogen-bond acceptors (Lipinski definition) is 6. The number of fused-ring (bicyclic) bond motifs is 1. The zero-order chi connectivity index (χ0) is 24.5. The Bertz CT molecular complexity index is 1290. The third kappa shape index (κ3) is 4.66. The molecule has 35 heavy (non-hydrogen) atoms. The van der Waals surface area contributed by atoms with Gasteiger partial charge in [-0.1, -0.05) is 30.3 Å². The SMILES string of the molecule is CC(C)Oc1ccc(-c2nc(-c3cccc4c3CC[C@@H]4NC(=O)C3CC[C@H](C)C3)no2)cc1C#N. The van der Waals surface area contributed by atoms with E-state index < -0.39 is 0 Å². The first kappa shape index (κ1) is 23.1. The van der Waals surface area contributed by atoms with Crippen LogP contribution in [0.1, 0.15) is 69.2 Å². The van der Waals surface area contributed by atoms with Gasteiger partial charge in [0.25, 0.3) is 5.89 Å². The lowest BCUT2D eigenvalue weighted by Crippen LogP contribution is -2.32. The molecule has 2 aromatic carbocycles. The van der Waals surface area contributed by atoms with E-state index in [2.05, 4.69) is 34.5 Å². The summed E-state index contributed by atoms with van der Waals surface area (Å²) in [6.45, 7) is 6.06. The maximum absolute atomic E-state index is 12.8. The number of amides is 1. The third-order valence-electron chi connectivity index (χ3n) is 7.03. The Kier molecular flexibility index (Phi) is 6.29. The van der Waals surface area contributed by atoms with Crippen molar-refractivity contribution in [1.29, 1.82) is 5.26 Å². The van der Waals surface area contributed by atoms with E-state index in [1.807, 2.05) is 32.0 Å². The van der Waals surface area contributed by atoms with Gasteiger partial charge in [0.15, 0.2) is 0 Å². The molecule has 180 valence electrons. The molecule has 3 atom stereocenters.